The van der Waals surface area contributed by atoms with Gasteiger partial charge in [0.25, 0.3) is 5.69 Å². The van der Waals surface area contributed by atoms with Crippen molar-refractivity contribution >= 4 is 11.4 Å². The topological polar surface area (TPSA) is 64.4 Å². The number of para-hydroxylation sites is 2. The number of nitrogens with zero attached hydrogens (tertiary/aromatic N) is 1. The summed E-state index contributed by atoms with van der Waals surface area (Å²) in [6.45, 7) is 2.81. The van der Waals surface area contributed by atoms with E-state index in [4.69, 9.17) is 4.74 Å². The first-order valence-corrected chi connectivity index (χ1v) is 6.32. The van der Waals surface area contributed by atoms with Crippen molar-refractivity contribution in [3.05, 3.63) is 34.4 Å². The number of benzene rings is 1. The summed E-state index contributed by atoms with van der Waals surface area (Å²) in [7, 11) is 0. The van der Waals surface area contributed by atoms with Gasteiger partial charge in [-0.3, -0.25) is 10.1 Å². The van der Waals surface area contributed by atoms with E-state index in [9.17, 15) is 10.1 Å². The summed E-state index contributed by atoms with van der Waals surface area (Å²) in [6, 6.07) is 7.03. The molecule has 1 aromatic carbocycles. The Kier molecular flexibility index (Phi) is 4.15. The van der Waals surface area contributed by atoms with Crippen LogP contribution in [0.15, 0.2) is 24.3 Å². The summed E-state index contributed by atoms with van der Waals surface area (Å²) in [5.74, 6) is 0. The van der Waals surface area contributed by atoms with Crippen LogP contribution in [0.2, 0.25) is 0 Å². The number of anilines is 1. The van der Waals surface area contributed by atoms with E-state index in [1.165, 1.54) is 6.07 Å². The van der Waals surface area contributed by atoms with Gasteiger partial charge in [-0.1, -0.05) is 19.1 Å². The molecule has 2 atom stereocenters. The number of hydrogen-bond acceptors (Lipinski definition) is 4. The molecular formula is C13H18N2O3. The number of nitro groups is 1. The first-order chi connectivity index (χ1) is 8.70. The van der Waals surface area contributed by atoms with E-state index in [1.807, 2.05) is 6.07 Å². The molecule has 0 bridgehead atoms. The fraction of sp³-hybridized carbons (Fsp3) is 0.538. The second-order valence-electron chi connectivity index (χ2n) is 4.54. The Morgan fingerprint density at radius 1 is 1.50 bits per heavy atom. The van der Waals surface area contributed by atoms with Crippen LogP contribution < -0.4 is 5.32 Å². The Morgan fingerprint density at radius 2 is 2.28 bits per heavy atom. The van der Waals surface area contributed by atoms with Crippen molar-refractivity contribution in [1.82, 2.24) is 0 Å². The first-order valence-electron chi connectivity index (χ1n) is 6.32. The van der Waals surface area contributed by atoms with Crippen molar-refractivity contribution in [3.8, 4) is 0 Å². The quantitative estimate of drug-likeness (QED) is 0.659. The lowest BCUT2D eigenvalue weighted by Gasteiger charge is -2.30. The standard InChI is InChI=1S/C13H18N2O3/c1-2-11-9-10(7-8-18-11)14-12-5-3-4-6-13(12)15(16)17/h3-6,10-11,14H,2,7-9H2,1H3. The van der Waals surface area contributed by atoms with Gasteiger partial charge in [0.15, 0.2) is 0 Å². The number of nitrogens with one attached hydrogen (secondary N) is 1. The summed E-state index contributed by atoms with van der Waals surface area (Å²) in [6.07, 6.45) is 3.04. The van der Waals surface area contributed by atoms with Crippen LogP contribution in [0, 0.1) is 10.1 Å². The summed E-state index contributed by atoms with van der Waals surface area (Å²) in [5, 5.41) is 14.2. The van der Waals surface area contributed by atoms with Crippen LogP contribution in [0.25, 0.3) is 0 Å². The Hall–Kier alpha value is -1.62. The van der Waals surface area contributed by atoms with Crippen LogP contribution in [-0.2, 0) is 4.74 Å². The molecule has 2 rings (SSSR count). The van der Waals surface area contributed by atoms with Crippen LogP contribution in [0.3, 0.4) is 0 Å². The van der Waals surface area contributed by atoms with Crippen molar-refractivity contribution in [2.75, 3.05) is 11.9 Å². The van der Waals surface area contributed by atoms with Gasteiger partial charge in [-0.15, -0.1) is 0 Å². The molecule has 0 saturated carbocycles. The average molecular weight is 250 g/mol. The fourth-order valence-corrected chi connectivity index (χ4v) is 2.27. The zero-order valence-corrected chi connectivity index (χ0v) is 10.5. The molecular weight excluding hydrogens is 232 g/mol. The zero-order chi connectivity index (χ0) is 13.0. The lowest BCUT2D eigenvalue weighted by atomic mass is 10.0. The Balaban J connectivity index is 2.07. The van der Waals surface area contributed by atoms with Gasteiger partial charge in [0.1, 0.15) is 5.69 Å². The highest BCUT2D eigenvalue weighted by atomic mass is 16.6. The minimum atomic E-state index is -0.348. The van der Waals surface area contributed by atoms with Crippen LogP contribution in [0.4, 0.5) is 11.4 Å². The fourth-order valence-electron chi connectivity index (χ4n) is 2.27. The molecule has 98 valence electrons. The summed E-state index contributed by atoms with van der Waals surface area (Å²) < 4.78 is 5.60. The largest absolute Gasteiger partial charge is 0.378 e. The maximum atomic E-state index is 10.9. The van der Waals surface area contributed by atoms with E-state index in [-0.39, 0.29) is 22.8 Å². The van der Waals surface area contributed by atoms with Gasteiger partial charge in [-0.25, -0.2) is 0 Å². The molecule has 5 nitrogen and oxygen atoms in total. The third-order valence-corrected chi connectivity index (χ3v) is 3.28. The first kappa shape index (κ1) is 12.8. The van der Waals surface area contributed by atoms with Crippen LogP contribution in [0.1, 0.15) is 26.2 Å². The maximum Gasteiger partial charge on any atom is 0.292 e. The molecule has 1 heterocycles. The average Bonchev–Trinajstić information content (AvgIpc) is 2.39. The summed E-state index contributed by atoms with van der Waals surface area (Å²) in [4.78, 5) is 10.6. The molecule has 2 unspecified atom stereocenters. The molecule has 1 aromatic rings. The van der Waals surface area contributed by atoms with Crippen molar-refractivity contribution in [3.63, 3.8) is 0 Å². The van der Waals surface area contributed by atoms with Crippen LogP contribution >= 0.6 is 0 Å². The van der Waals surface area contributed by atoms with E-state index >= 15 is 0 Å². The van der Waals surface area contributed by atoms with Gasteiger partial charge in [-0.2, -0.15) is 0 Å². The molecule has 1 N–H and O–H groups in total. The van der Waals surface area contributed by atoms with E-state index in [0.29, 0.717) is 5.69 Å². The molecule has 0 aliphatic carbocycles. The molecule has 1 aliphatic heterocycles. The van der Waals surface area contributed by atoms with Crippen molar-refractivity contribution in [2.45, 2.75) is 38.3 Å². The van der Waals surface area contributed by atoms with Gasteiger partial charge in [0.2, 0.25) is 0 Å². The molecule has 5 heteroatoms. The highest BCUT2D eigenvalue weighted by Crippen LogP contribution is 2.27. The molecule has 0 amide bonds. The highest BCUT2D eigenvalue weighted by Gasteiger charge is 2.23. The molecule has 1 fully saturated rings. The van der Waals surface area contributed by atoms with Gasteiger partial charge < -0.3 is 10.1 Å². The zero-order valence-electron chi connectivity index (χ0n) is 10.5. The van der Waals surface area contributed by atoms with E-state index < -0.39 is 0 Å². The lowest BCUT2D eigenvalue weighted by Crippen LogP contribution is -2.33. The van der Waals surface area contributed by atoms with Gasteiger partial charge in [0.05, 0.1) is 11.0 Å². The number of nitro benzene ring substituents is 1. The Bertz CT molecular complexity index is 422. The number of rotatable bonds is 4. The van der Waals surface area contributed by atoms with E-state index in [0.717, 1.165) is 25.9 Å². The Morgan fingerprint density at radius 3 is 3.00 bits per heavy atom. The van der Waals surface area contributed by atoms with E-state index in [2.05, 4.69) is 12.2 Å². The second kappa shape index (κ2) is 5.82. The van der Waals surface area contributed by atoms with E-state index in [1.54, 1.807) is 12.1 Å². The normalized spacial score (nSPS) is 23.6. The predicted molar refractivity (Wildman–Crippen MR) is 69.8 cm³/mol. The molecule has 0 aromatic heterocycles. The number of hydrogen-bond donors (Lipinski definition) is 1. The number of ether oxygens (including phenoxy) is 1. The summed E-state index contributed by atoms with van der Waals surface area (Å²) in [5.41, 5.74) is 0.737. The van der Waals surface area contributed by atoms with Crippen LogP contribution in [-0.4, -0.2) is 23.7 Å². The van der Waals surface area contributed by atoms with Gasteiger partial charge >= 0.3 is 0 Å². The lowest BCUT2D eigenvalue weighted by molar-refractivity contribution is -0.384. The van der Waals surface area contributed by atoms with Crippen molar-refractivity contribution in [1.29, 1.82) is 0 Å². The van der Waals surface area contributed by atoms with Gasteiger partial charge in [-0.05, 0) is 25.3 Å². The minimum Gasteiger partial charge on any atom is -0.378 e. The second-order valence-corrected chi connectivity index (χ2v) is 4.54. The van der Waals surface area contributed by atoms with Crippen molar-refractivity contribution in [2.24, 2.45) is 0 Å². The molecule has 0 spiro atoms. The van der Waals surface area contributed by atoms with Gasteiger partial charge in [0, 0.05) is 18.7 Å². The third kappa shape index (κ3) is 2.98. The highest BCUT2D eigenvalue weighted by molar-refractivity contribution is 5.61. The molecule has 18 heavy (non-hydrogen) atoms. The smallest absolute Gasteiger partial charge is 0.292 e. The summed E-state index contributed by atoms with van der Waals surface area (Å²) >= 11 is 0. The molecule has 1 saturated heterocycles. The van der Waals surface area contributed by atoms with Crippen molar-refractivity contribution < 1.29 is 9.66 Å². The SMILES string of the molecule is CCC1CC(Nc2ccccc2[N+](=O)[O-])CCO1. The maximum absolute atomic E-state index is 10.9. The molecule has 0 radical (unpaired) electrons. The predicted octanol–water partition coefficient (Wildman–Crippen LogP) is 2.96. The minimum absolute atomic E-state index is 0.136. The molecule has 1 aliphatic rings. The monoisotopic (exact) mass is 250 g/mol. The Labute approximate surface area is 106 Å². The van der Waals surface area contributed by atoms with Crippen LogP contribution in [0.5, 0.6) is 0 Å². The third-order valence-electron chi connectivity index (χ3n) is 3.28.